The number of likely N-dealkylation sites (tertiary alicyclic amines) is 1. The van der Waals surface area contributed by atoms with Crippen molar-refractivity contribution >= 4 is 29.5 Å². The van der Waals surface area contributed by atoms with E-state index in [1.807, 2.05) is 23.6 Å². The second-order valence-electron chi connectivity index (χ2n) is 10.7. The van der Waals surface area contributed by atoms with Crippen molar-refractivity contribution in [2.75, 3.05) is 32.8 Å². The number of hydrogen-bond donors (Lipinski definition) is 1. The number of aliphatic hydroxyl groups is 1. The molecule has 0 aromatic carbocycles. The number of nitrogens with zero attached hydrogens (tertiary/aromatic N) is 3. The number of carbonyl (C=O) groups is 3. The normalized spacial score (nSPS) is 31.3. The standard InChI is InChI=1S/C28H45N3O4S/c1-7-12-18-30(17-10-4)26(35)23-28-14-13-27(6,36-28)21(24(33)29(15-8-2)16-9-3)22(28)25(34)31(23)20(11-5)19-32/h8,10,20-23,32H,2,4,7,9,11-19H2,1,3,5-6H3/t20-,21-,22-,23?,27+,28?/m0/s1. The zero-order valence-electron chi connectivity index (χ0n) is 22.6. The van der Waals surface area contributed by atoms with E-state index < -0.39 is 33.4 Å². The average molecular weight is 520 g/mol. The minimum absolute atomic E-state index is 0.00861. The van der Waals surface area contributed by atoms with Crippen molar-refractivity contribution in [1.29, 1.82) is 0 Å². The molecule has 6 atom stereocenters. The van der Waals surface area contributed by atoms with Gasteiger partial charge in [-0.05, 0) is 39.0 Å². The lowest BCUT2D eigenvalue weighted by Crippen LogP contribution is -2.57. The molecule has 3 aliphatic rings. The van der Waals surface area contributed by atoms with Crippen LogP contribution in [0.25, 0.3) is 0 Å². The van der Waals surface area contributed by atoms with Crippen LogP contribution in [-0.2, 0) is 14.4 Å². The number of thioether (sulfide) groups is 1. The van der Waals surface area contributed by atoms with Gasteiger partial charge in [-0.2, -0.15) is 0 Å². The Morgan fingerprint density at radius 2 is 1.75 bits per heavy atom. The Balaban J connectivity index is 2.10. The Labute approximate surface area is 221 Å². The van der Waals surface area contributed by atoms with Gasteiger partial charge in [0.05, 0.1) is 29.2 Å². The molecule has 0 aromatic heterocycles. The van der Waals surface area contributed by atoms with E-state index in [1.165, 1.54) is 0 Å². The molecule has 3 rings (SSSR count). The molecule has 0 aromatic rings. The van der Waals surface area contributed by atoms with Gasteiger partial charge < -0.3 is 19.8 Å². The number of hydrogen-bond acceptors (Lipinski definition) is 5. The molecule has 3 aliphatic heterocycles. The maximum Gasteiger partial charge on any atom is 0.247 e. The van der Waals surface area contributed by atoms with Gasteiger partial charge >= 0.3 is 0 Å². The zero-order chi connectivity index (χ0) is 26.7. The molecule has 8 heteroatoms. The molecule has 1 spiro atoms. The van der Waals surface area contributed by atoms with Crippen LogP contribution in [0.4, 0.5) is 0 Å². The topological polar surface area (TPSA) is 81.2 Å². The molecule has 3 heterocycles. The quantitative estimate of drug-likeness (QED) is 0.356. The summed E-state index contributed by atoms with van der Waals surface area (Å²) in [5.74, 6) is -1.29. The largest absolute Gasteiger partial charge is 0.394 e. The second-order valence-corrected chi connectivity index (χ2v) is 12.6. The predicted molar refractivity (Wildman–Crippen MR) is 145 cm³/mol. The molecule has 7 nitrogen and oxygen atoms in total. The molecule has 2 unspecified atom stereocenters. The van der Waals surface area contributed by atoms with E-state index in [1.54, 1.807) is 28.8 Å². The molecule has 3 fully saturated rings. The number of aliphatic hydroxyl groups excluding tert-OH is 1. The van der Waals surface area contributed by atoms with Crippen molar-refractivity contribution in [2.24, 2.45) is 11.8 Å². The van der Waals surface area contributed by atoms with Crippen molar-refractivity contribution in [3.63, 3.8) is 0 Å². The summed E-state index contributed by atoms with van der Waals surface area (Å²) in [5.41, 5.74) is 0. The maximum absolute atomic E-state index is 14.3. The lowest BCUT2D eigenvalue weighted by molar-refractivity contribution is -0.147. The van der Waals surface area contributed by atoms with Gasteiger partial charge in [0, 0.05) is 30.9 Å². The highest BCUT2D eigenvalue weighted by Gasteiger charge is 2.77. The third kappa shape index (κ3) is 4.64. The first-order chi connectivity index (χ1) is 17.2. The van der Waals surface area contributed by atoms with Gasteiger partial charge in [0.25, 0.3) is 0 Å². The summed E-state index contributed by atoms with van der Waals surface area (Å²) in [6.07, 6.45) is 8.17. The summed E-state index contributed by atoms with van der Waals surface area (Å²) in [4.78, 5) is 47.8. The second kappa shape index (κ2) is 11.7. The minimum Gasteiger partial charge on any atom is -0.394 e. The Kier molecular flexibility index (Phi) is 9.36. The zero-order valence-corrected chi connectivity index (χ0v) is 23.4. The molecule has 0 saturated carbocycles. The lowest BCUT2D eigenvalue weighted by Gasteiger charge is -2.39. The van der Waals surface area contributed by atoms with Gasteiger partial charge in [-0.25, -0.2) is 0 Å². The summed E-state index contributed by atoms with van der Waals surface area (Å²) in [7, 11) is 0. The number of rotatable bonds is 14. The molecule has 3 saturated heterocycles. The van der Waals surface area contributed by atoms with E-state index in [-0.39, 0.29) is 24.3 Å². The van der Waals surface area contributed by atoms with E-state index in [0.29, 0.717) is 39.0 Å². The summed E-state index contributed by atoms with van der Waals surface area (Å²) in [6.45, 7) is 17.7. The van der Waals surface area contributed by atoms with Crippen LogP contribution in [-0.4, -0.2) is 91.9 Å². The smallest absolute Gasteiger partial charge is 0.247 e. The minimum atomic E-state index is -0.687. The Morgan fingerprint density at radius 1 is 1.11 bits per heavy atom. The molecule has 36 heavy (non-hydrogen) atoms. The number of unbranched alkanes of at least 4 members (excludes halogenated alkanes) is 1. The Hall–Kier alpha value is -1.80. The summed E-state index contributed by atoms with van der Waals surface area (Å²) < 4.78 is -1.06. The van der Waals surface area contributed by atoms with Crippen LogP contribution >= 0.6 is 11.8 Å². The van der Waals surface area contributed by atoms with Crippen molar-refractivity contribution in [3.8, 4) is 0 Å². The molecule has 1 N–H and O–H groups in total. The fourth-order valence-electron chi connectivity index (χ4n) is 6.71. The predicted octanol–water partition coefficient (Wildman–Crippen LogP) is 3.48. The van der Waals surface area contributed by atoms with Gasteiger partial charge in [0.1, 0.15) is 6.04 Å². The Morgan fingerprint density at radius 3 is 2.28 bits per heavy atom. The van der Waals surface area contributed by atoms with Gasteiger partial charge in [-0.1, -0.05) is 39.3 Å². The van der Waals surface area contributed by atoms with Crippen LogP contribution in [0.15, 0.2) is 25.3 Å². The lowest BCUT2D eigenvalue weighted by atomic mass is 9.66. The van der Waals surface area contributed by atoms with E-state index >= 15 is 0 Å². The van der Waals surface area contributed by atoms with E-state index in [4.69, 9.17) is 0 Å². The molecular formula is C28H45N3O4S. The highest BCUT2D eigenvalue weighted by Crippen LogP contribution is 2.72. The highest BCUT2D eigenvalue weighted by atomic mass is 32.2. The van der Waals surface area contributed by atoms with Gasteiger partial charge in [-0.15, -0.1) is 24.9 Å². The molecule has 0 aliphatic carbocycles. The molecule has 3 amide bonds. The van der Waals surface area contributed by atoms with Gasteiger partial charge in [-0.3, -0.25) is 14.4 Å². The SMILES string of the molecule is C=CCN(CCCC)C(=O)C1N([C@@H](CC)CO)C(=O)[C@@H]2[C@@H](C(=O)N(CC=C)CCC)[C@@]3(C)CCC12S3. The number of carbonyl (C=O) groups excluding carboxylic acids is 3. The molecule has 202 valence electrons. The molecular weight excluding hydrogens is 474 g/mol. The fourth-order valence-corrected chi connectivity index (χ4v) is 9.04. The van der Waals surface area contributed by atoms with Crippen molar-refractivity contribution in [3.05, 3.63) is 25.3 Å². The first-order valence-electron chi connectivity index (χ1n) is 13.6. The van der Waals surface area contributed by atoms with Crippen molar-refractivity contribution in [1.82, 2.24) is 14.7 Å². The highest BCUT2D eigenvalue weighted by molar-refractivity contribution is 8.02. The third-order valence-corrected chi connectivity index (χ3v) is 10.4. The van der Waals surface area contributed by atoms with E-state index in [9.17, 15) is 19.5 Å². The first-order valence-corrected chi connectivity index (χ1v) is 14.4. The maximum atomic E-state index is 14.3. The summed E-state index contributed by atoms with van der Waals surface area (Å²) in [5, 5.41) is 10.2. The van der Waals surface area contributed by atoms with Crippen molar-refractivity contribution in [2.45, 2.75) is 87.8 Å². The van der Waals surface area contributed by atoms with Gasteiger partial charge in [0.2, 0.25) is 17.7 Å². The van der Waals surface area contributed by atoms with Crippen LogP contribution in [0.3, 0.4) is 0 Å². The van der Waals surface area contributed by atoms with Crippen LogP contribution in [0, 0.1) is 11.8 Å². The Bertz CT molecular complexity index is 862. The van der Waals surface area contributed by atoms with E-state index in [0.717, 1.165) is 25.7 Å². The van der Waals surface area contributed by atoms with Crippen molar-refractivity contribution < 1.29 is 19.5 Å². The molecule has 0 radical (unpaired) electrons. The first kappa shape index (κ1) is 28.8. The van der Waals surface area contributed by atoms with Gasteiger partial charge in [0.15, 0.2) is 0 Å². The summed E-state index contributed by atoms with van der Waals surface area (Å²) >= 11 is 1.69. The van der Waals surface area contributed by atoms with Crippen LogP contribution in [0.1, 0.15) is 66.2 Å². The van der Waals surface area contributed by atoms with Crippen LogP contribution < -0.4 is 0 Å². The molecule has 2 bridgehead atoms. The number of fused-ring (bicyclic) bond motifs is 1. The van der Waals surface area contributed by atoms with Crippen LogP contribution in [0.5, 0.6) is 0 Å². The number of amides is 3. The van der Waals surface area contributed by atoms with E-state index in [2.05, 4.69) is 27.0 Å². The fraction of sp³-hybridized carbons (Fsp3) is 0.750. The average Bonchev–Trinajstić information content (AvgIpc) is 3.43. The monoisotopic (exact) mass is 519 g/mol. The van der Waals surface area contributed by atoms with Crippen LogP contribution in [0.2, 0.25) is 0 Å². The third-order valence-electron chi connectivity index (χ3n) is 8.39. The summed E-state index contributed by atoms with van der Waals surface area (Å²) in [6, 6.07) is -1.14.